The largest absolute Gasteiger partial charge is 0.481 e. The maximum Gasteiger partial charge on any atom is 0.416 e. The summed E-state index contributed by atoms with van der Waals surface area (Å²) in [5.41, 5.74) is -0.212. The highest BCUT2D eigenvalue weighted by Gasteiger charge is 2.33. The molecule has 28 heavy (non-hydrogen) atoms. The molecule has 0 heterocycles. The maximum absolute atomic E-state index is 13.1. The highest BCUT2D eigenvalue weighted by Crippen LogP contribution is 2.32. The topological polar surface area (TPSA) is 90.2 Å². The van der Waals surface area contributed by atoms with Crippen LogP contribution >= 0.6 is 0 Å². The number of benzene rings is 2. The van der Waals surface area contributed by atoms with E-state index >= 15 is 0 Å². The van der Waals surface area contributed by atoms with E-state index in [2.05, 4.69) is 5.32 Å². The fraction of sp³-hybridized carbons (Fsp3) is 0.250. The summed E-state index contributed by atoms with van der Waals surface area (Å²) in [5, 5.41) is 20.7. The second kappa shape index (κ2) is 9.04. The van der Waals surface area contributed by atoms with Crippen LogP contribution < -0.4 is 5.32 Å². The third-order valence-electron chi connectivity index (χ3n) is 4.06. The Bertz CT molecular complexity index is 904. The summed E-state index contributed by atoms with van der Waals surface area (Å²) in [6.07, 6.45) is -5.48. The van der Waals surface area contributed by atoms with Crippen molar-refractivity contribution in [2.75, 3.05) is 0 Å². The van der Waals surface area contributed by atoms with Gasteiger partial charge in [0, 0.05) is 6.04 Å². The van der Waals surface area contributed by atoms with Crippen molar-refractivity contribution in [3.05, 3.63) is 70.8 Å². The van der Waals surface area contributed by atoms with Crippen LogP contribution in [-0.4, -0.2) is 23.0 Å². The average Bonchev–Trinajstić information content (AvgIpc) is 2.61. The molecule has 0 saturated heterocycles. The Balaban J connectivity index is 2.16. The van der Waals surface area contributed by atoms with Gasteiger partial charge in [0.2, 0.25) is 5.91 Å². The number of carboxylic acid groups (broad SMARTS) is 1. The summed E-state index contributed by atoms with van der Waals surface area (Å²) in [6, 6.07) is 12.4. The highest BCUT2D eigenvalue weighted by atomic mass is 19.4. The van der Waals surface area contributed by atoms with Crippen molar-refractivity contribution in [1.29, 1.82) is 5.26 Å². The van der Waals surface area contributed by atoms with E-state index in [0.29, 0.717) is 11.1 Å². The lowest BCUT2D eigenvalue weighted by Gasteiger charge is -2.19. The van der Waals surface area contributed by atoms with Gasteiger partial charge in [-0.25, -0.2) is 0 Å². The van der Waals surface area contributed by atoms with Crippen LogP contribution in [0.5, 0.6) is 0 Å². The summed E-state index contributed by atoms with van der Waals surface area (Å²) >= 11 is 0. The number of amides is 1. The molecule has 0 radical (unpaired) electrons. The minimum atomic E-state index is -4.59. The van der Waals surface area contributed by atoms with E-state index < -0.39 is 42.5 Å². The molecule has 0 aliphatic heterocycles. The van der Waals surface area contributed by atoms with Crippen molar-refractivity contribution >= 4 is 11.9 Å². The lowest BCUT2D eigenvalue weighted by Crippen LogP contribution is -2.39. The SMILES string of the molecule is N#Cc1ccccc1CC(CC(=O)O)NC(=O)Cc1ccccc1C(F)(F)F. The minimum absolute atomic E-state index is 0.0721. The quantitative estimate of drug-likeness (QED) is 0.759. The molecule has 0 aromatic heterocycles. The van der Waals surface area contributed by atoms with E-state index in [0.717, 1.165) is 6.07 Å². The maximum atomic E-state index is 13.1. The zero-order chi connectivity index (χ0) is 20.7. The van der Waals surface area contributed by atoms with Crippen LogP contribution in [0, 0.1) is 11.3 Å². The molecule has 1 atom stereocenters. The highest BCUT2D eigenvalue weighted by molar-refractivity contribution is 5.80. The zero-order valence-electron chi connectivity index (χ0n) is 14.7. The number of alkyl halides is 3. The van der Waals surface area contributed by atoms with E-state index in [1.165, 1.54) is 18.2 Å². The van der Waals surface area contributed by atoms with Crippen LogP contribution in [0.15, 0.2) is 48.5 Å². The number of carboxylic acids is 1. The molecule has 0 saturated carbocycles. The average molecular weight is 390 g/mol. The molecule has 1 unspecified atom stereocenters. The molecular formula is C20H17F3N2O3. The van der Waals surface area contributed by atoms with Crippen molar-refractivity contribution in [3.63, 3.8) is 0 Å². The molecule has 1 amide bonds. The predicted molar refractivity (Wildman–Crippen MR) is 94.2 cm³/mol. The molecule has 0 bridgehead atoms. The van der Waals surface area contributed by atoms with Gasteiger partial charge in [-0.05, 0) is 29.7 Å². The lowest BCUT2D eigenvalue weighted by molar-refractivity contribution is -0.138. The third kappa shape index (κ3) is 5.84. The molecule has 0 fully saturated rings. The number of carbonyl (C=O) groups excluding carboxylic acids is 1. The number of aliphatic carboxylic acids is 1. The van der Waals surface area contributed by atoms with Gasteiger partial charge in [-0.1, -0.05) is 36.4 Å². The monoisotopic (exact) mass is 390 g/mol. The Kier molecular flexibility index (Phi) is 6.77. The smallest absolute Gasteiger partial charge is 0.416 e. The van der Waals surface area contributed by atoms with Crippen LogP contribution in [0.4, 0.5) is 13.2 Å². The fourth-order valence-electron chi connectivity index (χ4n) is 2.86. The standard InChI is InChI=1S/C20H17F3N2O3/c21-20(22,23)17-8-4-3-6-14(17)10-18(26)25-16(11-19(27)28)9-13-5-1-2-7-15(13)12-24/h1-8,16H,9-11H2,(H,25,26)(H,27,28). The van der Waals surface area contributed by atoms with Gasteiger partial charge in [-0.3, -0.25) is 9.59 Å². The molecule has 2 rings (SSSR count). The first-order valence-electron chi connectivity index (χ1n) is 8.35. The van der Waals surface area contributed by atoms with Crippen LogP contribution in [0.1, 0.15) is 28.7 Å². The molecule has 0 spiro atoms. The Morgan fingerprint density at radius 1 is 1.07 bits per heavy atom. The first-order valence-corrected chi connectivity index (χ1v) is 8.35. The van der Waals surface area contributed by atoms with Crippen molar-refractivity contribution in [3.8, 4) is 6.07 Å². The normalized spacial score (nSPS) is 12.1. The molecular weight excluding hydrogens is 373 g/mol. The molecule has 146 valence electrons. The fourth-order valence-corrected chi connectivity index (χ4v) is 2.86. The molecule has 0 aliphatic rings. The first kappa shape index (κ1) is 21.0. The molecule has 2 N–H and O–H groups in total. The summed E-state index contributed by atoms with van der Waals surface area (Å²) in [6.45, 7) is 0. The van der Waals surface area contributed by atoms with E-state index in [-0.39, 0.29) is 12.0 Å². The number of nitriles is 1. The van der Waals surface area contributed by atoms with Gasteiger partial charge in [0.15, 0.2) is 0 Å². The van der Waals surface area contributed by atoms with Gasteiger partial charge < -0.3 is 10.4 Å². The predicted octanol–water partition coefficient (Wildman–Crippen LogP) is 3.32. The zero-order valence-corrected chi connectivity index (χ0v) is 14.7. The first-order chi connectivity index (χ1) is 13.2. The number of nitrogens with zero attached hydrogens (tertiary/aromatic N) is 1. The summed E-state index contributed by atoms with van der Waals surface area (Å²) < 4.78 is 39.2. The summed E-state index contributed by atoms with van der Waals surface area (Å²) in [5.74, 6) is -1.90. The van der Waals surface area contributed by atoms with Gasteiger partial charge in [0.1, 0.15) is 0 Å². The lowest BCUT2D eigenvalue weighted by atomic mass is 9.98. The Morgan fingerprint density at radius 3 is 2.29 bits per heavy atom. The number of hydrogen-bond acceptors (Lipinski definition) is 3. The molecule has 2 aromatic carbocycles. The number of hydrogen-bond donors (Lipinski definition) is 2. The van der Waals surface area contributed by atoms with E-state index in [1.807, 2.05) is 6.07 Å². The Hall–Kier alpha value is -3.34. The van der Waals surface area contributed by atoms with Crippen molar-refractivity contribution in [2.24, 2.45) is 0 Å². The van der Waals surface area contributed by atoms with Crippen LogP contribution in [0.25, 0.3) is 0 Å². The van der Waals surface area contributed by atoms with Gasteiger partial charge >= 0.3 is 12.1 Å². The Morgan fingerprint density at radius 2 is 1.68 bits per heavy atom. The minimum Gasteiger partial charge on any atom is -0.481 e. The molecule has 2 aromatic rings. The number of rotatable bonds is 7. The summed E-state index contributed by atoms with van der Waals surface area (Å²) in [7, 11) is 0. The van der Waals surface area contributed by atoms with Crippen molar-refractivity contribution in [1.82, 2.24) is 5.32 Å². The second-order valence-corrected chi connectivity index (χ2v) is 6.17. The van der Waals surface area contributed by atoms with E-state index in [9.17, 15) is 22.8 Å². The van der Waals surface area contributed by atoms with Crippen LogP contribution in [0.2, 0.25) is 0 Å². The van der Waals surface area contributed by atoms with Gasteiger partial charge in [-0.2, -0.15) is 18.4 Å². The van der Waals surface area contributed by atoms with Crippen LogP contribution in [-0.2, 0) is 28.6 Å². The number of halogens is 3. The van der Waals surface area contributed by atoms with Crippen molar-refractivity contribution < 1.29 is 27.9 Å². The second-order valence-electron chi connectivity index (χ2n) is 6.17. The Labute approximate surface area is 159 Å². The van der Waals surface area contributed by atoms with E-state index in [1.54, 1.807) is 24.3 Å². The van der Waals surface area contributed by atoms with Gasteiger partial charge in [-0.15, -0.1) is 0 Å². The van der Waals surface area contributed by atoms with Crippen molar-refractivity contribution in [2.45, 2.75) is 31.5 Å². The number of nitrogens with one attached hydrogen (secondary N) is 1. The van der Waals surface area contributed by atoms with Crippen LogP contribution in [0.3, 0.4) is 0 Å². The molecule has 0 aliphatic carbocycles. The summed E-state index contributed by atoms with van der Waals surface area (Å²) in [4.78, 5) is 23.4. The van der Waals surface area contributed by atoms with E-state index in [4.69, 9.17) is 10.4 Å². The van der Waals surface area contributed by atoms with Gasteiger partial charge in [0.05, 0.1) is 30.0 Å². The van der Waals surface area contributed by atoms with Gasteiger partial charge in [0.25, 0.3) is 0 Å². The molecule has 5 nitrogen and oxygen atoms in total. The number of carbonyl (C=O) groups is 2. The third-order valence-corrected chi connectivity index (χ3v) is 4.06. The molecule has 8 heteroatoms.